The standard InChI is InChI=1S/C18H19BrN4O4/c1-3-5-6-23-16-13(17(24)21-18(23)25)22(4-2)15(20-16)10-7-11(19)14-12(8-10)26-9-27-14/h7-8H,3-6,9H2,1-2H3,(H,21,24,25). The van der Waals surface area contributed by atoms with E-state index in [4.69, 9.17) is 9.47 Å². The van der Waals surface area contributed by atoms with E-state index in [-0.39, 0.29) is 6.79 Å². The van der Waals surface area contributed by atoms with E-state index in [0.717, 1.165) is 22.9 Å². The summed E-state index contributed by atoms with van der Waals surface area (Å²) < 4.78 is 15.0. The van der Waals surface area contributed by atoms with Gasteiger partial charge in [0.05, 0.1) is 4.47 Å². The first-order chi connectivity index (χ1) is 13.0. The second-order valence-corrected chi connectivity index (χ2v) is 7.16. The lowest BCUT2D eigenvalue weighted by Gasteiger charge is -2.08. The molecule has 3 heterocycles. The number of H-pyrrole nitrogens is 1. The number of fused-ring (bicyclic) bond motifs is 2. The minimum atomic E-state index is -0.430. The van der Waals surface area contributed by atoms with E-state index in [0.29, 0.717) is 41.6 Å². The van der Waals surface area contributed by atoms with Crippen molar-refractivity contribution in [2.75, 3.05) is 6.79 Å². The van der Waals surface area contributed by atoms with Crippen LogP contribution in [0.25, 0.3) is 22.6 Å². The zero-order chi connectivity index (χ0) is 19.1. The number of unbranched alkanes of at least 4 members (excludes halogenated alkanes) is 1. The Kier molecular flexibility index (Phi) is 4.55. The lowest BCUT2D eigenvalue weighted by atomic mass is 10.2. The Bertz CT molecular complexity index is 1140. The molecule has 27 heavy (non-hydrogen) atoms. The number of imidazole rings is 1. The van der Waals surface area contributed by atoms with Gasteiger partial charge < -0.3 is 14.0 Å². The van der Waals surface area contributed by atoms with Gasteiger partial charge in [0.2, 0.25) is 6.79 Å². The Labute approximate surface area is 162 Å². The highest BCUT2D eigenvalue weighted by atomic mass is 79.9. The molecule has 0 radical (unpaired) electrons. The number of nitrogens with zero attached hydrogens (tertiary/aromatic N) is 3. The van der Waals surface area contributed by atoms with Gasteiger partial charge >= 0.3 is 5.69 Å². The third-order valence-electron chi connectivity index (χ3n) is 4.62. The third kappa shape index (κ3) is 2.86. The normalized spacial score (nSPS) is 12.9. The van der Waals surface area contributed by atoms with Crippen LogP contribution in [0.5, 0.6) is 11.5 Å². The number of aromatic amines is 1. The van der Waals surface area contributed by atoms with Gasteiger partial charge in [-0.2, -0.15) is 0 Å². The summed E-state index contributed by atoms with van der Waals surface area (Å²) in [5, 5.41) is 0. The van der Waals surface area contributed by atoms with Crippen molar-refractivity contribution in [3.05, 3.63) is 37.4 Å². The smallest absolute Gasteiger partial charge is 0.330 e. The fourth-order valence-electron chi connectivity index (χ4n) is 3.32. The zero-order valence-corrected chi connectivity index (χ0v) is 16.6. The zero-order valence-electron chi connectivity index (χ0n) is 15.0. The van der Waals surface area contributed by atoms with Gasteiger partial charge in [0, 0.05) is 18.7 Å². The van der Waals surface area contributed by atoms with Gasteiger partial charge in [-0.25, -0.2) is 9.78 Å². The summed E-state index contributed by atoms with van der Waals surface area (Å²) in [7, 11) is 0. The highest BCUT2D eigenvalue weighted by Gasteiger charge is 2.23. The number of aryl methyl sites for hydroxylation is 2. The van der Waals surface area contributed by atoms with Crippen LogP contribution in [0.2, 0.25) is 0 Å². The molecule has 0 atom stereocenters. The summed E-state index contributed by atoms with van der Waals surface area (Å²) in [4.78, 5) is 32.0. The average molecular weight is 435 g/mol. The van der Waals surface area contributed by atoms with Gasteiger partial charge in [-0.15, -0.1) is 0 Å². The van der Waals surface area contributed by atoms with Gasteiger partial charge in [0.1, 0.15) is 5.82 Å². The van der Waals surface area contributed by atoms with Crippen molar-refractivity contribution in [2.45, 2.75) is 39.8 Å². The van der Waals surface area contributed by atoms with Crippen LogP contribution >= 0.6 is 15.9 Å². The largest absolute Gasteiger partial charge is 0.454 e. The molecule has 1 aliphatic rings. The predicted octanol–water partition coefficient (Wildman–Crippen LogP) is 2.86. The van der Waals surface area contributed by atoms with Gasteiger partial charge in [-0.05, 0) is 41.4 Å². The molecule has 4 rings (SSSR count). The van der Waals surface area contributed by atoms with Gasteiger partial charge in [0.25, 0.3) is 5.56 Å². The van der Waals surface area contributed by atoms with Crippen molar-refractivity contribution in [3.8, 4) is 22.9 Å². The highest BCUT2D eigenvalue weighted by Crippen LogP contribution is 2.42. The summed E-state index contributed by atoms with van der Waals surface area (Å²) >= 11 is 3.50. The van der Waals surface area contributed by atoms with Gasteiger partial charge in [-0.3, -0.25) is 14.3 Å². The minimum Gasteiger partial charge on any atom is -0.454 e. The van der Waals surface area contributed by atoms with Crippen molar-refractivity contribution < 1.29 is 9.47 Å². The maximum Gasteiger partial charge on any atom is 0.330 e. The van der Waals surface area contributed by atoms with Gasteiger partial charge in [-0.1, -0.05) is 13.3 Å². The molecule has 0 saturated carbocycles. The van der Waals surface area contributed by atoms with Gasteiger partial charge in [0.15, 0.2) is 22.7 Å². The number of halogens is 1. The van der Waals surface area contributed by atoms with Crippen LogP contribution < -0.4 is 20.7 Å². The first-order valence-electron chi connectivity index (χ1n) is 8.88. The van der Waals surface area contributed by atoms with Crippen LogP contribution in [0.1, 0.15) is 26.7 Å². The summed E-state index contributed by atoms with van der Waals surface area (Å²) in [6.45, 7) is 5.19. The van der Waals surface area contributed by atoms with Crippen molar-refractivity contribution in [2.24, 2.45) is 0 Å². The van der Waals surface area contributed by atoms with Crippen molar-refractivity contribution in [1.29, 1.82) is 0 Å². The molecule has 2 aromatic heterocycles. The fourth-order valence-corrected chi connectivity index (χ4v) is 3.88. The SMILES string of the molecule is CCCCn1c(=O)[nH]c(=O)c2c1nc(-c1cc(Br)c3c(c1)OCO3)n2CC. The number of benzene rings is 1. The molecule has 0 fully saturated rings. The highest BCUT2D eigenvalue weighted by molar-refractivity contribution is 9.10. The first kappa shape index (κ1) is 17.8. The molecule has 0 spiro atoms. The molecule has 0 bridgehead atoms. The van der Waals surface area contributed by atoms with Crippen LogP contribution in [0.4, 0.5) is 0 Å². The second-order valence-electron chi connectivity index (χ2n) is 6.31. The average Bonchev–Trinajstić information content (AvgIpc) is 3.26. The molecule has 9 heteroatoms. The summed E-state index contributed by atoms with van der Waals surface area (Å²) in [5.74, 6) is 1.87. The Balaban J connectivity index is 2.00. The Morgan fingerprint density at radius 3 is 2.78 bits per heavy atom. The topological polar surface area (TPSA) is 91.1 Å². The predicted molar refractivity (Wildman–Crippen MR) is 104 cm³/mol. The third-order valence-corrected chi connectivity index (χ3v) is 5.21. The molecule has 0 aliphatic carbocycles. The molecule has 1 aromatic carbocycles. The van der Waals surface area contributed by atoms with E-state index < -0.39 is 11.2 Å². The van der Waals surface area contributed by atoms with E-state index in [9.17, 15) is 9.59 Å². The summed E-state index contributed by atoms with van der Waals surface area (Å²) in [5.41, 5.74) is 0.723. The van der Waals surface area contributed by atoms with Crippen LogP contribution in [0.3, 0.4) is 0 Å². The van der Waals surface area contributed by atoms with Crippen LogP contribution in [0.15, 0.2) is 26.2 Å². The van der Waals surface area contributed by atoms with E-state index >= 15 is 0 Å². The lowest BCUT2D eigenvalue weighted by molar-refractivity contribution is 0.173. The molecule has 3 aromatic rings. The summed E-state index contributed by atoms with van der Waals surface area (Å²) in [6, 6.07) is 3.71. The van der Waals surface area contributed by atoms with Crippen LogP contribution in [-0.4, -0.2) is 25.9 Å². The van der Waals surface area contributed by atoms with Crippen molar-refractivity contribution in [3.63, 3.8) is 0 Å². The summed E-state index contributed by atoms with van der Waals surface area (Å²) in [6.07, 6.45) is 1.76. The molecule has 0 unspecified atom stereocenters. The number of rotatable bonds is 5. The van der Waals surface area contributed by atoms with Crippen LogP contribution in [-0.2, 0) is 13.1 Å². The molecule has 8 nitrogen and oxygen atoms in total. The lowest BCUT2D eigenvalue weighted by Crippen LogP contribution is -2.31. The number of hydrogen-bond donors (Lipinski definition) is 1. The maximum atomic E-state index is 12.5. The maximum absolute atomic E-state index is 12.5. The Hall–Kier alpha value is -2.55. The number of nitrogens with one attached hydrogen (secondary N) is 1. The number of ether oxygens (including phenoxy) is 2. The van der Waals surface area contributed by atoms with Crippen molar-refractivity contribution >= 4 is 27.1 Å². The molecular weight excluding hydrogens is 416 g/mol. The number of hydrogen-bond acceptors (Lipinski definition) is 5. The Morgan fingerprint density at radius 2 is 2.04 bits per heavy atom. The molecule has 1 N–H and O–H groups in total. The number of aromatic nitrogens is 4. The molecular formula is C18H19BrN4O4. The van der Waals surface area contributed by atoms with E-state index in [1.165, 1.54) is 4.57 Å². The first-order valence-corrected chi connectivity index (χ1v) is 9.67. The molecule has 1 aliphatic heterocycles. The Morgan fingerprint density at radius 1 is 1.22 bits per heavy atom. The van der Waals surface area contributed by atoms with E-state index in [1.807, 2.05) is 30.5 Å². The monoisotopic (exact) mass is 434 g/mol. The second kappa shape index (κ2) is 6.88. The van der Waals surface area contributed by atoms with E-state index in [1.54, 1.807) is 0 Å². The van der Waals surface area contributed by atoms with Crippen molar-refractivity contribution in [1.82, 2.24) is 19.1 Å². The molecule has 0 amide bonds. The fraction of sp³-hybridized carbons (Fsp3) is 0.389. The van der Waals surface area contributed by atoms with Crippen LogP contribution in [0, 0.1) is 0 Å². The molecule has 0 saturated heterocycles. The minimum absolute atomic E-state index is 0.164. The molecule has 142 valence electrons. The quantitative estimate of drug-likeness (QED) is 0.666. The van der Waals surface area contributed by atoms with E-state index in [2.05, 4.69) is 25.9 Å².